The molecule has 0 bridgehead atoms. The summed E-state index contributed by atoms with van der Waals surface area (Å²) in [6.45, 7) is 11.6. The van der Waals surface area contributed by atoms with E-state index in [1.807, 2.05) is 12.1 Å². The van der Waals surface area contributed by atoms with E-state index in [0.717, 1.165) is 18.8 Å². The lowest BCUT2D eigenvalue weighted by atomic mass is 9.77. The highest BCUT2D eigenvalue weighted by Gasteiger charge is 2.43. The number of rotatable bonds is 1. The molecule has 0 amide bonds. The SMILES string of the molecule is CC(C)(C)N1CCC2(CCN(c3ccc(F)cc3)CC2)C1. The second-order valence-corrected chi connectivity index (χ2v) is 7.81. The highest BCUT2D eigenvalue weighted by molar-refractivity contribution is 5.46. The summed E-state index contributed by atoms with van der Waals surface area (Å²) in [5.74, 6) is -0.149. The van der Waals surface area contributed by atoms with Crippen molar-refractivity contribution in [3.63, 3.8) is 0 Å². The van der Waals surface area contributed by atoms with E-state index < -0.39 is 0 Å². The van der Waals surface area contributed by atoms with Crippen LogP contribution in [0.25, 0.3) is 0 Å². The van der Waals surface area contributed by atoms with Crippen LogP contribution in [0.15, 0.2) is 24.3 Å². The third-order valence-electron chi connectivity index (χ3n) is 5.40. The van der Waals surface area contributed by atoms with E-state index in [2.05, 4.69) is 30.6 Å². The molecular formula is C18H27FN2. The van der Waals surface area contributed by atoms with Crippen LogP contribution in [0.5, 0.6) is 0 Å². The second-order valence-electron chi connectivity index (χ2n) is 7.81. The molecule has 0 N–H and O–H groups in total. The number of halogens is 1. The summed E-state index contributed by atoms with van der Waals surface area (Å²) >= 11 is 0. The normalized spacial score (nSPS) is 23.0. The minimum Gasteiger partial charge on any atom is -0.371 e. The molecule has 0 aliphatic carbocycles. The van der Waals surface area contributed by atoms with Gasteiger partial charge in [-0.3, -0.25) is 4.90 Å². The average molecular weight is 290 g/mol. The van der Waals surface area contributed by atoms with Crippen LogP contribution in [0.4, 0.5) is 10.1 Å². The first-order valence-electron chi connectivity index (χ1n) is 8.14. The Bertz CT molecular complexity index is 481. The number of benzene rings is 1. The Hall–Kier alpha value is -1.09. The van der Waals surface area contributed by atoms with E-state index in [9.17, 15) is 4.39 Å². The van der Waals surface area contributed by atoms with Gasteiger partial charge >= 0.3 is 0 Å². The fourth-order valence-electron chi connectivity index (χ4n) is 3.81. The standard InChI is InChI=1S/C18H27FN2/c1-17(2,3)21-13-10-18(14-21)8-11-20(12-9-18)16-6-4-15(19)5-7-16/h4-7H,8-14H2,1-3H3. The zero-order chi connectivity index (χ0) is 15.1. The first-order chi connectivity index (χ1) is 9.88. The van der Waals surface area contributed by atoms with E-state index in [0.29, 0.717) is 5.41 Å². The Kier molecular flexibility index (Phi) is 3.73. The topological polar surface area (TPSA) is 6.48 Å². The predicted molar refractivity (Wildman–Crippen MR) is 86.2 cm³/mol. The van der Waals surface area contributed by atoms with Gasteiger partial charge in [0.2, 0.25) is 0 Å². The van der Waals surface area contributed by atoms with Gasteiger partial charge < -0.3 is 4.90 Å². The van der Waals surface area contributed by atoms with Crippen LogP contribution in [-0.2, 0) is 0 Å². The highest BCUT2D eigenvalue weighted by Crippen LogP contribution is 2.43. The Morgan fingerprint density at radius 3 is 2.05 bits per heavy atom. The van der Waals surface area contributed by atoms with E-state index in [4.69, 9.17) is 0 Å². The molecule has 2 nitrogen and oxygen atoms in total. The van der Waals surface area contributed by atoms with Crippen molar-refractivity contribution < 1.29 is 4.39 Å². The fraction of sp³-hybridized carbons (Fsp3) is 0.667. The van der Waals surface area contributed by atoms with Gasteiger partial charge in [-0.05, 0) is 76.3 Å². The number of piperidine rings is 1. The van der Waals surface area contributed by atoms with Gasteiger partial charge in [0.25, 0.3) is 0 Å². The Balaban J connectivity index is 1.62. The predicted octanol–water partition coefficient (Wildman–Crippen LogP) is 3.92. The molecule has 1 aromatic carbocycles. The monoisotopic (exact) mass is 290 g/mol. The van der Waals surface area contributed by atoms with Crippen molar-refractivity contribution in [3.8, 4) is 0 Å². The van der Waals surface area contributed by atoms with Gasteiger partial charge in [0.1, 0.15) is 5.82 Å². The van der Waals surface area contributed by atoms with Crippen molar-refractivity contribution in [1.29, 1.82) is 0 Å². The van der Waals surface area contributed by atoms with Crippen LogP contribution in [-0.4, -0.2) is 36.6 Å². The third-order valence-corrected chi connectivity index (χ3v) is 5.40. The lowest BCUT2D eigenvalue weighted by Gasteiger charge is -2.41. The van der Waals surface area contributed by atoms with Crippen LogP contribution in [0.1, 0.15) is 40.0 Å². The second kappa shape index (κ2) is 5.28. The molecule has 2 aliphatic heterocycles. The first-order valence-corrected chi connectivity index (χ1v) is 8.14. The van der Waals surface area contributed by atoms with E-state index in [1.165, 1.54) is 32.4 Å². The lowest BCUT2D eigenvalue weighted by molar-refractivity contribution is 0.135. The molecule has 0 aromatic heterocycles. The van der Waals surface area contributed by atoms with Gasteiger partial charge in [0.15, 0.2) is 0 Å². The van der Waals surface area contributed by atoms with Crippen LogP contribution in [0, 0.1) is 11.2 Å². The fourth-order valence-corrected chi connectivity index (χ4v) is 3.81. The van der Waals surface area contributed by atoms with Crippen molar-refractivity contribution in [2.45, 2.75) is 45.6 Å². The van der Waals surface area contributed by atoms with Crippen molar-refractivity contribution in [2.75, 3.05) is 31.1 Å². The maximum atomic E-state index is 13.0. The number of nitrogens with zero attached hydrogens (tertiary/aromatic N) is 2. The largest absolute Gasteiger partial charge is 0.371 e. The third kappa shape index (κ3) is 3.08. The summed E-state index contributed by atoms with van der Waals surface area (Å²) in [6, 6.07) is 6.94. The Morgan fingerprint density at radius 1 is 0.952 bits per heavy atom. The molecule has 0 atom stereocenters. The molecule has 3 heteroatoms. The van der Waals surface area contributed by atoms with Crippen LogP contribution >= 0.6 is 0 Å². The van der Waals surface area contributed by atoms with Crippen molar-refractivity contribution in [2.24, 2.45) is 5.41 Å². The molecule has 3 rings (SSSR count). The number of hydrogen-bond acceptors (Lipinski definition) is 2. The summed E-state index contributed by atoms with van der Waals surface area (Å²) in [4.78, 5) is 5.05. The van der Waals surface area contributed by atoms with Gasteiger partial charge in [0, 0.05) is 30.9 Å². The quantitative estimate of drug-likeness (QED) is 0.773. The molecule has 1 spiro atoms. The summed E-state index contributed by atoms with van der Waals surface area (Å²) in [5, 5.41) is 0. The van der Waals surface area contributed by atoms with Gasteiger partial charge in [-0.15, -0.1) is 0 Å². The van der Waals surface area contributed by atoms with Crippen LogP contribution < -0.4 is 4.90 Å². The van der Waals surface area contributed by atoms with E-state index >= 15 is 0 Å². The summed E-state index contributed by atoms with van der Waals surface area (Å²) in [7, 11) is 0. The molecule has 2 heterocycles. The van der Waals surface area contributed by atoms with Gasteiger partial charge in [-0.25, -0.2) is 4.39 Å². The zero-order valence-electron chi connectivity index (χ0n) is 13.5. The van der Waals surface area contributed by atoms with Crippen molar-refractivity contribution in [3.05, 3.63) is 30.1 Å². The van der Waals surface area contributed by atoms with E-state index in [1.54, 1.807) is 12.1 Å². The Morgan fingerprint density at radius 2 is 1.52 bits per heavy atom. The van der Waals surface area contributed by atoms with Crippen LogP contribution in [0.2, 0.25) is 0 Å². The summed E-state index contributed by atoms with van der Waals surface area (Å²) in [5.41, 5.74) is 1.97. The lowest BCUT2D eigenvalue weighted by Crippen LogP contribution is -2.45. The van der Waals surface area contributed by atoms with Crippen LogP contribution in [0.3, 0.4) is 0 Å². The summed E-state index contributed by atoms with van der Waals surface area (Å²) in [6.07, 6.45) is 3.86. The molecular weight excluding hydrogens is 263 g/mol. The average Bonchev–Trinajstić information content (AvgIpc) is 2.85. The van der Waals surface area contributed by atoms with Gasteiger partial charge in [-0.2, -0.15) is 0 Å². The smallest absolute Gasteiger partial charge is 0.123 e. The molecule has 21 heavy (non-hydrogen) atoms. The number of hydrogen-bond donors (Lipinski definition) is 0. The number of likely N-dealkylation sites (tertiary alicyclic amines) is 1. The molecule has 0 unspecified atom stereocenters. The van der Waals surface area contributed by atoms with Crippen molar-refractivity contribution >= 4 is 5.69 Å². The minimum atomic E-state index is -0.149. The molecule has 116 valence electrons. The molecule has 2 saturated heterocycles. The van der Waals surface area contributed by atoms with Gasteiger partial charge in [-0.1, -0.05) is 0 Å². The maximum absolute atomic E-state index is 13.0. The van der Waals surface area contributed by atoms with Gasteiger partial charge in [0.05, 0.1) is 0 Å². The summed E-state index contributed by atoms with van der Waals surface area (Å²) < 4.78 is 13.0. The molecule has 1 aromatic rings. The Labute approximate surface area is 127 Å². The molecule has 0 radical (unpaired) electrons. The first kappa shape index (κ1) is 14.8. The zero-order valence-corrected chi connectivity index (χ0v) is 13.5. The number of anilines is 1. The minimum absolute atomic E-state index is 0.149. The van der Waals surface area contributed by atoms with Crippen molar-refractivity contribution in [1.82, 2.24) is 4.90 Å². The molecule has 2 fully saturated rings. The van der Waals surface area contributed by atoms with E-state index in [-0.39, 0.29) is 11.4 Å². The molecule has 2 aliphatic rings. The maximum Gasteiger partial charge on any atom is 0.123 e. The highest BCUT2D eigenvalue weighted by atomic mass is 19.1. The molecule has 0 saturated carbocycles.